The van der Waals surface area contributed by atoms with Gasteiger partial charge in [-0.25, -0.2) is 0 Å². The summed E-state index contributed by atoms with van der Waals surface area (Å²) in [5, 5.41) is 3.16. The summed E-state index contributed by atoms with van der Waals surface area (Å²) in [6, 6.07) is 0. The minimum Gasteiger partial charge on any atom is -0.352 e. The predicted molar refractivity (Wildman–Crippen MR) is 86.0 cm³/mol. The van der Waals surface area contributed by atoms with Crippen molar-refractivity contribution < 1.29 is 4.79 Å². The van der Waals surface area contributed by atoms with E-state index in [-0.39, 0.29) is 11.3 Å². The molecule has 2 fully saturated rings. The largest absolute Gasteiger partial charge is 0.352 e. The molecule has 1 atom stereocenters. The van der Waals surface area contributed by atoms with E-state index in [0.717, 1.165) is 30.9 Å². The Hall–Kier alpha value is -0.830. The first kappa shape index (κ1) is 15.1. The van der Waals surface area contributed by atoms with Gasteiger partial charge in [0.1, 0.15) is 0 Å². The maximum Gasteiger partial charge on any atom is 0.246 e. The summed E-state index contributed by atoms with van der Waals surface area (Å²) in [4.78, 5) is 14.7. The van der Waals surface area contributed by atoms with Crippen LogP contribution in [0.2, 0.25) is 0 Å². The lowest BCUT2D eigenvalue weighted by Gasteiger charge is -2.35. The van der Waals surface area contributed by atoms with Crippen LogP contribution in [0.25, 0.3) is 0 Å². The SMILES string of the molecule is CCC1(C)C=C(C(=O)NCC2CCN(CC3CC3)CC2)C1. The van der Waals surface area contributed by atoms with Gasteiger partial charge in [0.05, 0.1) is 0 Å². The summed E-state index contributed by atoms with van der Waals surface area (Å²) in [6.07, 6.45) is 9.64. The molecule has 3 nitrogen and oxygen atoms in total. The molecular formula is C18H30N2O. The number of nitrogens with zero attached hydrogens (tertiary/aromatic N) is 1. The van der Waals surface area contributed by atoms with Crippen LogP contribution in [0.5, 0.6) is 0 Å². The van der Waals surface area contributed by atoms with Crippen LogP contribution in [0, 0.1) is 17.3 Å². The van der Waals surface area contributed by atoms with Crippen LogP contribution >= 0.6 is 0 Å². The van der Waals surface area contributed by atoms with E-state index in [0.29, 0.717) is 5.92 Å². The molecule has 0 aromatic rings. The summed E-state index contributed by atoms with van der Waals surface area (Å²) in [6.45, 7) is 9.08. The number of hydrogen-bond donors (Lipinski definition) is 1. The summed E-state index contributed by atoms with van der Waals surface area (Å²) in [7, 11) is 0. The number of carbonyl (C=O) groups excluding carboxylic acids is 1. The number of likely N-dealkylation sites (tertiary alicyclic amines) is 1. The summed E-state index contributed by atoms with van der Waals surface area (Å²) in [5.41, 5.74) is 1.28. The van der Waals surface area contributed by atoms with Gasteiger partial charge in [-0.1, -0.05) is 19.9 Å². The first-order valence-corrected chi connectivity index (χ1v) is 8.80. The van der Waals surface area contributed by atoms with Crippen LogP contribution in [0.4, 0.5) is 0 Å². The normalized spacial score (nSPS) is 30.7. The summed E-state index contributed by atoms with van der Waals surface area (Å²) in [5.74, 6) is 1.86. The van der Waals surface area contributed by atoms with Gasteiger partial charge < -0.3 is 10.2 Å². The number of rotatable bonds is 6. The fraction of sp³-hybridized carbons (Fsp3) is 0.833. The summed E-state index contributed by atoms with van der Waals surface area (Å²) >= 11 is 0. The van der Waals surface area contributed by atoms with Crippen LogP contribution in [-0.2, 0) is 4.79 Å². The van der Waals surface area contributed by atoms with Gasteiger partial charge in [-0.05, 0) is 68.9 Å². The predicted octanol–water partition coefficient (Wildman–Crippen LogP) is 2.97. The highest BCUT2D eigenvalue weighted by atomic mass is 16.1. The second kappa shape index (κ2) is 6.12. The van der Waals surface area contributed by atoms with Crippen LogP contribution in [0.1, 0.15) is 52.4 Å². The highest BCUT2D eigenvalue weighted by Gasteiger charge is 2.33. The lowest BCUT2D eigenvalue weighted by molar-refractivity contribution is -0.118. The smallest absolute Gasteiger partial charge is 0.246 e. The molecule has 3 aliphatic rings. The van der Waals surface area contributed by atoms with Gasteiger partial charge in [0.15, 0.2) is 0 Å². The molecule has 0 bridgehead atoms. The zero-order chi connectivity index (χ0) is 14.9. The van der Waals surface area contributed by atoms with E-state index >= 15 is 0 Å². The van der Waals surface area contributed by atoms with Crippen molar-refractivity contribution in [1.82, 2.24) is 10.2 Å². The Kier molecular flexibility index (Phi) is 4.39. The van der Waals surface area contributed by atoms with Gasteiger partial charge in [0.25, 0.3) is 0 Å². The van der Waals surface area contributed by atoms with Crippen molar-refractivity contribution in [2.24, 2.45) is 17.3 Å². The van der Waals surface area contributed by atoms with Crippen molar-refractivity contribution in [3.8, 4) is 0 Å². The van der Waals surface area contributed by atoms with E-state index in [4.69, 9.17) is 0 Å². The molecule has 1 aliphatic heterocycles. The van der Waals surface area contributed by atoms with Crippen LogP contribution in [0.15, 0.2) is 11.6 Å². The van der Waals surface area contributed by atoms with Crippen LogP contribution in [-0.4, -0.2) is 37.0 Å². The Balaban J connectivity index is 1.34. The van der Waals surface area contributed by atoms with E-state index in [2.05, 4.69) is 30.1 Å². The van der Waals surface area contributed by atoms with Gasteiger partial charge in [-0.2, -0.15) is 0 Å². The Morgan fingerprint density at radius 2 is 1.95 bits per heavy atom. The highest BCUT2D eigenvalue weighted by molar-refractivity contribution is 5.95. The first-order valence-electron chi connectivity index (χ1n) is 8.80. The molecule has 3 heteroatoms. The molecule has 1 heterocycles. The standard InChI is InChI=1S/C18H30N2O/c1-3-18(2)10-16(11-18)17(21)19-12-14-6-8-20(9-7-14)13-15-4-5-15/h10,14-15H,3-9,11-13H2,1-2H3,(H,19,21). The highest BCUT2D eigenvalue weighted by Crippen LogP contribution is 2.41. The molecule has 1 unspecified atom stereocenters. The molecule has 1 saturated heterocycles. The maximum atomic E-state index is 12.1. The van der Waals surface area contributed by atoms with Crippen molar-refractivity contribution in [2.75, 3.05) is 26.2 Å². The number of carbonyl (C=O) groups is 1. The number of hydrogen-bond acceptors (Lipinski definition) is 2. The lowest BCUT2D eigenvalue weighted by atomic mass is 9.70. The van der Waals surface area contributed by atoms with Gasteiger partial charge in [0.2, 0.25) is 5.91 Å². The average molecular weight is 290 g/mol. The quantitative estimate of drug-likeness (QED) is 0.815. The Bertz CT molecular complexity index is 419. The second-order valence-corrected chi connectivity index (χ2v) is 7.75. The molecule has 2 aliphatic carbocycles. The molecule has 0 spiro atoms. The zero-order valence-electron chi connectivity index (χ0n) is 13.7. The van der Waals surface area contributed by atoms with Crippen molar-refractivity contribution in [3.63, 3.8) is 0 Å². The minimum atomic E-state index is 0.182. The first-order chi connectivity index (χ1) is 10.1. The van der Waals surface area contributed by atoms with Crippen LogP contribution < -0.4 is 5.32 Å². The average Bonchev–Trinajstić information content (AvgIpc) is 3.27. The molecule has 0 aromatic heterocycles. The molecule has 3 rings (SSSR count). The molecule has 0 radical (unpaired) electrons. The van der Waals surface area contributed by atoms with Crippen molar-refractivity contribution in [1.29, 1.82) is 0 Å². The molecular weight excluding hydrogens is 260 g/mol. The zero-order valence-corrected chi connectivity index (χ0v) is 13.7. The molecule has 118 valence electrons. The molecule has 1 saturated carbocycles. The van der Waals surface area contributed by atoms with Crippen molar-refractivity contribution in [2.45, 2.75) is 52.4 Å². The minimum absolute atomic E-state index is 0.182. The molecule has 1 amide bonds. The van der Waals surface area contributed by atoms with Gasteiger partial charge in [-0.15, -0.1) is 0 Å². The lowest BCUT2D eigenvalue weighted by Crippen LogP contribution is -2.41. The molecule has 21 heavy (non-hydrogen) atoms. The Labute approximate surface area is 129 Å². The number of nitrogens with one attached hydrogen (secondary N) is 1. The van der Waals surface area contributed by atoms with Gasteiger partial charge in [-0.3, -0.25) is 4.79 Å². The van der Waals surface area contributed by atoms with Crippen molar-refractivity contribution in [3.05, 3.63) is 11.6 Å². The number of allylic oxidation sites excluding steroid dienone is 1. The van der Waals surface area contributed by atoms with Crippen molar-refractivity contribution >= 4 is 5.91 Å². The number of piperidine rings is 1. The Morgan fingerprint density at radius 3 is 2.52 bits per heavy atom. The Morgan fingerprint density at radius 1 is 1.29 bits per heavy atom. The van der Waals surface area contributed by atoms with E-state index in [9.17, 15) is 4.79 Å². The van der Waals surface area contributed by atoms with Gasteiger partial charge >= 0.3 is 0 Å². The number of amides is 1. The summed E-state index contributed by atoms with van der Waals surface area (Å²) < 4.78 is 0. The van der Waals surface area contributed by atoms with Crippen LogP contribution in [0.3, 0.4) is 0 Å². The monoisotopic (exact) mass is 290 g/mol. The molecule has 1 N–H and O–H groups in total. The van der Waals surface area contributed by atoms with Gasteiger partial charge in [0, 0.05) is 18.7 Å². The third-order valence-corrected chi connectivity index (χ3v) is 5.69. The van der Waals surface area contributed by atoms with E-state index < -0.39 is 0 Å². The fourth-order valence-corrected chi connectivity index (χ4v) is 3.59. The topological polar surface area (TPSA) is 32.3 Å². The molecule has 0 aromatic carbocycles. The third kappa shape index (κ3) is 3.88. The maximum absolute atomic E-state index is 12.1. The second-order valence-electron chi connectivity index (χ2n) is 7.75. The third-order valence-electron chi connectivity index (χ3n) is 5.69. The van der Waals surface area contributed by atoms with E-state index in [1.807, 2.05) is 0 Å². The fourth-order valence-electron chi connectivity index (χ4n) is 3.59. The van der Waals surface area contributed by atoms with E-state index in [1.165, 1.54) is 45.3 Å². The van der Waals surface area contributed by atoms with E-state index in [1.54, 1.807) is 0 Å².